The van der Waals surface area contributed by atoms with E-state index in [1.54, 1.807) is 56.3 Å². The van der Waals surface area contributed by atoms with E-state index in [1.807, 2.05) is 25.1 Å². The van der Waals surface area contributed by atoms with Gasteiger partial charge in [0.1, 0.15) is 23.4 Å². The number of allylic oxidation sites excluding steroid dienone is 3. The van der Waals surface area contributed by atoms with E-state index in [1.165, 1.54) is 0 Å². The molecule has 212 valence electrons. The predicted molar refractivity (Wildman–Crippen MR) is 163 cm³/mol. The monoisotopic (exact) mass is 570 g/mol. The van der Waals surface area contributed by atoms with Crippen LogP contribution in [-0.2, 0) is 16.1 Å². The number of rotatable bonds is 7. The summed E-state index contributed by atoms with van der Waals surface area (Å²) in [5.41, 5.74) is 6.42. The highest BCUT2D eigenvalue weighted by Gasteiger charge is 2.29. The zero-order valence-electron chi connectivity index (χ0n) is 24.2. The summed E-state index contributed by atoms with van der Waals surface area (Å²) in [6, 6.07) is 12.8. The number of fused-ring (bicyclic) bond motifs is 1. The molecule has 1 aromatic heterocycles. The minimum atomic E-state index is -0.490. The lowest BCUT2D eigenvalue weighted by Gasteiger charge is -2.33. The molecule has 8 heteroatoms. The Morgan fingerprint density at radius 3 is 2.59 bits per heavy atom. The molecule has 41 heavy (non-hydrogen) atoms. The van der Waals surface area contributed by atoms with Gasteiger partial charge in [0.2, 0.25) is 0 Å². The summed E-state index contributed by atoms with van der Waals surface area (Å²) in [5.74, 6) is 0.168. The molecule has 0 amide bonds. The molecule has 7 nitrogen and oxygen atoms in total. The van der Waals surface area contributed by atoms with Gasteiger partial charge in [-0.1, -0.05) is 18.2 Å². The van der Waals surface area contributed by atoms with Crippen molar-refractivity contribution >= 4 is 35.0 Å². The SMILES string of the molecule is COc1cc(OC(=O)c2cccnc2C)ccc1-c1ccc2c(c1COC(=O)C1CC=C(C)S1)C(C)=CC(C)(C)N2. The van der Waals surface area contributed by atoms with Gasteiger partial charge >= 0.3 is 11.9 Å². The lowest BCUT2D eigenvalue weighted by molar-refractivity contribution is -0.144. The van der Waals surface area contributed by atoms with E-state index in [4.69, 9.17) is 14.2 Å². The summed E-state index contributed by atoms with van der Waals surface area (Å²) in [5, 5.41) is 3.37. The van der Waals surface area contributed by atoms with Gasteiger partial charge in [0, 0.05) is 34.6 Å². The Kier molecular flexibility index (Phi) is 7.95. The highest BCUT2D eigenvalue weighted by Crippen LogP contribution is 2.44. The third kappa shape index (κ3) is 6.03. The Hall–Kier alpha value is -4.04. The van der Waals surface area contributed by atoms with Crippen LogP contribution >= 0.6 is 11.8 Å². The number of carbonyl (C=O) groups is 2. The number of esters is 2. The van der Waals surface area contributed by atoms with Crippen LogP contribution in [0.15, 0.2) is 65.7 Å². The first-order valence-corrected chi connectivity index (χ1v) is 14.4. The van der Waals surface area contributed by atoms with Crippen LogP contribution in [0.3, 0.4) is 0 Å². The Balaban J connectivity index is 1.51. The summed E-state index contributed by atoms with van der Waals surface area (Å²) in [6.07, 6.45) is 6.57. The number of nitrogens with one attached hydrogen (secondary N) is 1. The van der Waals surface area contributed by atoms with Gasteiger partial charge in [0.25, 0.3) is 0 Å². The number of pyridine rings is 1. The zero-order valence-corrected chi connectivity index (χ0v) is 25.0. The molecule has 0 bridgehead atoms. The van der Waals surface area contributed by atoms with Gasteiger partial charge in [-0.25, -0.2) is 4.79 Å². The van der Waals surface area contributed by atoms with Crippen molar-refractivity contribution in [2.45, 2.75) is 58.4 Å². The summed E-state index contributed by atoms with van der Waals surface area (Å²) < 4.78 is 17.4. The number of ether oxygens (including phenoxy) is 3. The number of hydrogen-bond donors (Lipinski definition) is 1. The first-order valence-electron chi connectivity index (χ1n) is 13.5. The maximum atomic E-state index is 13.0. The minimum absolute atomic E-state index is 0.112. The Morgan fingerprint density at radius 1 is 1.10 bits per heavy atom. The van der Waals surface area contributed by atoms with E-state index >= 15 is 0 Å². The van der Waals surface area contributed by atoms with Crippen molar-refractivity contribution in [1.82, 2.24) is 4.98 Å². The van der Waals surface area contributed by atoms with Crippen LogP contribution in [0, 0.1) is 6.92 Å². The van der Waals surface area contributed by atoms with Crippen molar-refractivity contribution in [3.8, 4) is 22.6 Å². The highest BCUT2D eigenvalue weighted by molar-refractivity contribution is 8.04. The molecule has 0 saturated heterocycles. The fourth-order valence-electron chi connectivity index (χ4n) is 5.40. The fourth-order valence-corrected chi connectivity index (χ4v) is 6.39. The van der Waals surface area contributed by atoms with Crippen molar-refractivity contribution < 1.29 is 23.8 Å². The summed E-state index contributed by atoms with van der Waals surface area (Å²) in [7, 11) is 1.58. The molecule has 0 fully saturated rings. The lowest BCUT2D eigenvalue weighted by Crippen LogP contribution is -2.32. The number of carbonyl (C=O) groups excluding carboxylic acids is 2. The smallest absolute Gasteiger partial charge is 0.345 e. The Labute approximate surface area is 245 Å². The Morgan fingerprint density at radius 2 is 1.88 bits per heavy atom. The summed E-state index contributed by atoms with van der Waals surface area (Å²) in [6.45, 7) is 10.2. The number of aromatic nitrogens is 1. The molecule has 0 saturated carbocycles. The molecule has 2 aliphatic heterocycles. The molecule has 1 unspecified atom stereocenters. The van der Waals surface area contributed by atoms with E-state index in [-0.39, 0.29) is 23.4 Å². The first-order chi connectivity index (χ1) is 19.6. The summed E-state index contributed by atoms with van der Waals surface area (Å²) in [4.78, 5) is 31.1. The topological polar surface area (TPSA) is 86.8 Å². The van der Waals surface area contributed by atoms with Gasteiger partial charge in [-0.3, -0.25) is 9.78 Å². The number of benzene rings is 2. The van der Waals surface area contributed by atoms with E-state index in [9.17, 15) is 9.59 Å². The molecule has 1 N–H and O–H groups in total. The van der Waals surface area contributed by atoms with Crippen LogP contribution < -0.4 is 14.8 Å². The second kappa shape index (κ2) is 11.4. The van der Waals surface area contributed by atoms with Crippen molar-refractivity contribution in [2.75, 3.05) is 12.4 Å². The van der Waals surface area contributed by atoms with Gasteiger partial charge in [-0.15, -0.1) is 11.8 Å². The second-order valence-corrected chi connectivity index (χ2v) is 12.3. The maximum Gasteiger partial charge on any atom is 0.345 e. The van der Waals surface area contributed by atoms with Gasteiger partial charge < -0.3 is 19.5 Å². The average molecular weight is 571 g/mol. The lowest BCUT2D eigenvalue weighted by atomic mass is 9.85. The van der Waals surface area contributed by atoms with Crippen LogP contribution in [0.25, 0.3) is 16.7 Å². The number of hydrogen-bond acceptors (Lipinski definition) is 8. The predicted octanol–water partition coefficient (Wildman–Crippen LogP) is 7.34. The van der Waals surface area contributed by atoms with Crippen molar-refractivity contribution in [3.63, 3.8) is 0 Å². The largest absolute Gasteiger partial charge is 0.496 e. The van der Waals surface area contributed by atoms with Crippen molar-refractivity contribution in [2.24, 2.45) is 0 Å². The van der Waals surface area contributed by atoms with Crippen molar-refractivity contribution in [1.29, 1.82) is 0 Å². The fraction of sp³-hybridized carbons (Fsp3) is 0.303. The van der Waals surface area contributed by atoms with Gasteiger partial charge in [0.15, 0.2) is 0 Å². The van der Waals surface area contributed by atoms with Crippen LogP contribution in [-0.4, -0.2) is 34.8 Å². The normalized spacial score (nSPS) is 17.1. The third-order valence-electron chi connectivity index (χ3n) is 7.21. The zero-order chi connectivity index (χ0) is 29.3. The second-order valence-electron chi connectivity index (χ2n) is 10.8. The quantitative estimate of drug-likeness (QED) is 0.233. The molecular formula is C33H34N2O5S. The number of anilines is 1. The number of methoxy groups -OCH3 is 1. The van der Waals surface area contributed by atoms with Gasteiger partial charge in [-0.05, 0) is 87.4 Å². The molecule has 5 rings (SSSR count). The van der Waals surface area contributed by atoms with Crippen LogP contribution in [0.2, 0.25) is 0 Å². The van der Waals surface area contributed by atoms with Crippen LogP contribution in [0.1, 0.15) is 61.3 Å². The number of nitrogens with zero attached hydrogens (tertiary/aromatic N) is 1. The highest BCUT2D eigenvalue weighted by atomic mass is 32.2. The average Bonchev–Trinajstić information content (AvgIpc) is 3.37. The molecule has 0 spiro atoms. The van der Waals surface area contributed by atoms with Crippen molar-refractivity contribution in [3.05, 3.63) is 88.1 Å². The van der Waals surface area contributed by atoms with E-state index in [2.05, 4.69) is 43.2 Å². The van der Waals surface area contributed by atoms with Gasteiger partial charge in [0.05, 0.1) is 23.9 Å². The molecule has 2 aromatic carbocycles. The number of thioether (sulfide) groups is 1. The minimum Gasteiger partial charge on any atom is -0.496 e. The number of aryl methyl sites for hydroxylation is 1. The van der Waals surface area contributed by atoms with Gasteiger partial charge in [-0.2, -0.15) is 0 Å². The summed E-state index contributed by atoms with van der Waals surface area (Å²) >= 11 is 1.55. The third-order valence-corrected chi connectivity index (χ3v) is 8.42. The molecule has 3 heterocycles. The standard InChI is InChI=1S/C33H34N2O5S/c1-19-17-33(4,5)35-27-13-12-24(26(30(19)27)18-39-32(37)29-14-9-20(2)41-29)25-11-10-22(16-28(25)38-6)40-31(36)23-8-7-15-34-21(23)3/h7-13,15-17,29,35H,14,18H2,1-6H3. The van der Waals surface area contributed by atoms with Crippen LogP contribution in [0.5, 0.6) is 11.5 Å². The van der Waals surface area contributed by atoms with E-state index in [0.29, 0.717) is 29.2 Å². The molecule has 0 radical (unpaired) electrons. The molecule has 3 aromatic rings. The van der Waals surface area contributed by atoms with Crippen LogP contribution in [0.4, 0.5) is 5.69 Å². The van der Waals surface area contributed by atoms with E-state index < -0.39 is 5.97 Å². The molecule has 1 atom stereocenters. The molecule has 0 aliphatic carbocycles. The molecule has 2 aliphatic rings. The maximum absolute atomic E-state index is 13.0. The molecular weight excluding hydrogens is 536 g/mol. The first kappa shape index (κ1) is 28.5. The van der Waals surface area contributed by atoms with E-state index in [0.717, 1.165) is 38.4 Å². The Bertz CT molecular complexity index is 1590.